The Balaban J connectivity index is 4.96. The second kappa shape index (κ2) is 10.7. The van der Waals surface area contributed by atoms with Gasteiger partial charge in [0.25, 0.3) is 0 Å². The van der Waals surface area contributed by atoms with Gasteiger partial charge in [0.15, 0.2) is 0 Å². The molecule has 0 saturated carbocycles. The molecule has 0 heterocycles. The van der Waals surface area contributed by atoms with Crippen molar-refractivity contribution in [3.05, 3.63) is 0 Å². The number of rotatable bonds is 11. The molecule has 0 fully saturated rings. The van der Waals surface area contributed by atoms with Crippen molar-refractivity contribution in [2.75, 3.05) is 20.3 Å². The summed E-state index contributed by atoms with van der Waals surface area (Å²) in [4.78, 5) is 47.1. The lowest BCUT2D eigenvalue weighted by Gasteiger charge is -2.28. The summed E-state index contributed by atoms with van der Waals surface area (Å²) in [5, 5.41) is 0. The van der Waals surface area contributed by atoms with Crippen LogP contribution in [-0.2, 0) is 33.4 Å². The molecule has 0 rings (SSSR count). The summed E-state index contributed by atoms with van der Waals surface area (Å²) < 4.78 is 14.4. The third-order valence-electron chi connectivity index (χ3n) is 3.60. The van der Waals surface area contributed by atoms with Gasteiger partial charge in [0.2, 0.25) is 0 Å². The van der Waals surface area contributed by atoms with Crippen molar-refractivity contribution in [1.29, 1.82) is 0 Å². The molecule has 23 heavy (non-hydrogen) atoms. The second-order valence-electron chi connectivity index (χ2n) is 5.09. The van der Waals surface area contributed by atoms with Crippen LogP contribution in [-0.4, -0.2) is 44.0 Å². The quantitative estimate of drug-likeness (QED) is 0.324. The molecule has 132 valence electrons. The molecule has 0 aromatic carbocycles. The average molecular weight is 330 g/mol. The zero-order chi connectivity index (χ0) is 17.9. The maximum absolute atomic E-state index is 12.1. The molecule has 7 nitrogen and oxygen atoms in total. The minimum Gasteiger partial charge on any atom is -0.468 e. The number of carbonyl (C=O) groups is 4. The van der Waals surface area contributed by atoms with Gasteiger partial charge in [-0.25, -0.2) is 0 Å². The Labute approximate surface area is 136 Å². The molecular formula is C16H26O7. The zero-order valence-corrected chi connectivity index (χ0v) is 14.3. The van der Waals surface area contributed by atoms with Crippen LogP contribution in [0.1, 0.15) is 52.9 Å². The lowest BCUT2D eigenvalue weighted by Crippen LogP contribution is -2.40. The number of hydrogen-bond donors (Lipinski definition) is 0. The van der Waals surface area contributed by atoms with Crippen molar-refractivity contribution in [1.82, 2.24) is 0 Å². The molecule has 1 atom stereocenters. The van der Waals surface area contributed by atoms with Crippen LogP contribution in [0.2, 0.25) is 0 Å². The highest BCUT2D eigenvalue weighted by atomic mass is 16.5. The predicted molar refractivity (Wildman–Crippen MR) is 81.5 cm³/mol. The standard InChI is InChI=1S/C16H26O7/c1-5-22-13(18)8-7-10-16(12(3)17,15(20)21-4)11-9-14(19)23-6-2/h5-11H2,1-4H3. The molecule has 0 amide bonds. The normalized spacial score (nSPS) is 12.9. The van der Waals surface area contributed by atoms with Crippen LogP contribution in [0, 0.1) is 5.41 Å². The van der Waals surface area contributed by atoms with Gasteiger partial charge in [-0.15, -0.1) is 0 Å². The summed E-state index contributed by atoms with van der Waals surface area (Å²) in [7, 11) is 1.19. The van der Waals surface area contributed by atoms with E-state index in [4.69, 9.17) is 14.2 Å². The minimum atomic E-state index is -1.44. The minimum absolute atomic E-state index is 0.00331. The molecule has 0 aliphatic rings. The van der Waals surface area contributed by atoms with Gasteiger partial charge in [-0.2, -0.15) is 0 Å². The number of methoxy groups -OCH3 is 1. The Morgan fingerprint density at radius 3 is 1.83 bits per heavy atom. The summed E-state index contributed by atoms with van der Waals surface area (Å²) in [6, 6.07) is 0. The van der Waals surface area contributed by atoms with Gasteiger partial charge in [-0.3, -0.25) is 19.2 Å². The lowest BCUT2D eigenvalue weighted by atomic mass is 9.75. The van der Waals surface area contributed by atoms with Crippen LogP contribution < -0.4 is 0 Å². The van der Waals surface area contributed by atoms with Crippen molar-refractivity contribution >= 4 is 23.7 Å². The van der Waals surface area contributed by atoms with Gasteiger partial charge in [-0.1, -0.05) is 0 Å². The maximum Gasteiger partial charge on any atom is 0.319 e. The first-order valence-electron chi connectivity index (χ1n) is 7.74. The number of Topliss-reactive ketones (excluding diaryl/α,β-unsaturated/α-hetero) is 1. The lowest BCUT2D eigenvalue weighted by molar-refractivity contribution is -0.160. The Bertz CT molecular complexity index is 430. The van der Waals surface area contributed by atoms with Crippen molar-refractivity contribution in [2.24, 2.45) is 5.41 Å². The van der Waals surface area contributed by atoms with E-state index in [-0.39, 0.29) is 51.3 Å². The van der Waals surface area contributed by atoms with E-state index in [1.54, 1.807) is 13.8 Å². The molecule has 0 N–H and O–H groups in total. The van der Waals surface area contributed by atoms with Crippen LogP contribution in [0.5, 0.6) is 0 Å². The van der Waals surface area contributed by atoms with Gasteiger partial charge < -0.3 is 14.2 Å². The van der Waals surface area contributed by atoms with E-state index in [0.717, 1.165) is 0 Å². The van der Waals surface area contributed by atoms with Gasteiger partial charge in [0.05, 0.1) is 20.3 Å². The first-order chi connectivity index (χ1) is 10.8. The van der Waals surface area contributed by atoms with E-state index >= 15 is 0 Å². The smallest absolute Gasteiger partial charge is 0.319 e. The number of carbonyl (C=O) groups excluding carboxylic acids is 4. The van der Waals surface area contributed by atoms with E-state index in [1.807, 2.05) is 0 Å². The highest BCUT2D eigenvalue weighted by molar-refractivity contribution is 6.03. The molecule has 7 heteroatoms. The van der Waals surface area contributed by atoms with Crippen LogP contribution in [0.25, 0.3) is 0 Å². The SMILES string of the molecule is CCOC(=O)CCCC(CCC(=O)OCC)(C(C)=O)C(=O)OC. The zero-order valence-electron chi connectivity index (χ0n) is 14.3. The second-order valence-corrected chi connectivity index (χ2v) is 5.09. The molecule has 0 radical (unpaired) electrons. The number of ether oxygens (including phenoxy) is 3. The van der Waals surface area contributed by atoms with Crippen molar-refractivity contribution in [3.63, 3.8) is 0 Å². The fraction of sp³-hybridized carbons (Fsp3) is 0.750. The molecule has 0 aromatic heterocycles. The fourth-order valence-corrected chi connectivity index (χ4v) is 2.34. The first kappa shape index (κ1) is 21.1. The van der Waals surface area contributed by atoms with Crippen LogP contribution in [0.4, 0.5) is 0 Å². The third kappa shape index (κ3) is 6.80. The number of hydrogen-bond acceptors (Lipinski definition) is 7. The van der Waals surface area contributed by atoms with E-state index in [2.05, 4.69) is 0 Å². The Morgan fingerprint density at radius 1 is 0.870 bits per heavy atom. The largest absolute Gasteiger partial charge is 0.468 e. The molecule has 0 saturated heterocycles. The Hall–Kier alpha value is -1.92. The third-order valence-corrected chi connectivity index (χ3v) is 3.60. The van der Waals surface area contributed by atoms with E-state index in [1.165, 1.54) is 14.0 Å². The highest BCUT2D eigenvalue weighted by Crippen LogP contribution is 2.33. The van der Waals surface area contributed by atoms with Gasteiger partial charge in [0.1, 0.15) is 11.2 Å². The van der Waals surface area contributed by atoms with Gasteiger partial charge in [0, 0.05) is 12.8 Å². The molecule has 0 bridgehead atoms. The first-order valence-corrected chi connectivity index (χ1v) is 7.74. The summed E-state index contributed by atoms with van der Waals surface area (Å²) >= 11 is 0. The summed E-state index contributed by atoms with van der Waals surface area (Å²) in [6.45, 7) is 5.16. The highest BCUT2D eigenvalue weighted by Gasteiger charge is 2.44. The molecule has 0 aliphatic carbocycles. The molecule has 0 aromatic rings. The maximum atomic E-state index is 12.1. The topological polar surface area (TPSA) is 96.0 Å². The van der Waals surface area contributed by atoms with E-state index in [0.29, 0.717) is 0 Å². The number of esters is 3. The average Bonchev–Trinajstić information content (AvgIpc) is 2.50. The molecule has 1 unspecified atom stereocenters. The predicted octanol–water partition coefficient (Wildman–Crippen LogP) is 1.81. The molecule has 0 spiro atoms. The van der Waals surface area contributed by atoms with Gasteiger partial charge in [-0.05, 0) is 40.0 Å². The van der Waals surface area contributed by atoms with Crippen LogP contribution in [0.3, 0.4) is 0 Å². The molecule has 0 aliphatic heterocycles. The monoisotopic (exact) mass is 330 g/mol. The van der Waals surface area contributed by atoms with Gasteiger partial charge >= 0.3 is 17.9 Å². The number of ketones is 1. The fourth-order valence-electron chi connectivity index (χ4n) is 2.34. The Kier molecular flexibility index (Phi) is 9.85. The Morgan fingerprint density at radius 2 is 1.39 bits per heavy atom. The van der Waals surface area contributed by atoms with Crippen LogP contribution >= 0.6 is 0 Å². The van der Waals surface area contributed by atoms with E-state index < -0.39 is 23.1 Å². The molecular weight excluding hydrogens is 304 g/mol. The van der Waals surface area contributed by atoms with Crippen molar-refractivity contribution in [3.8, 4) is 0 Å². The summed E-state index contributed by atoms with van der Waals surface area (Å²) in [5.74, 6) is -1.96. The van der Waals surface area contributed by atoms with Crippen LogP contribution in [0.15, 0.2) is 0 Å². The van der Waals surface area contributed by atoms with E-state index in [9.17, 15) is 19.2 Å². The summed E-state index contributed by atoms with van der Waals surface area (Å²) in [6.07, 6.45) is 0.432. The van der Waals surface area contributed by atoms with Crippen molar-refractivity contribution in [2.45, 2.75) is 52.9 Å². The van der Waals surface area contributed by atoms with Crippen molar-refractivity contribution < 1.29 is 33.4 Å². The summed E-state index contributed by atoms with van der Waals surface area (Å²) in [5.41, 5.74) is -1.44.